The Balaban J connectivity index is 1.20. The number of methoxy groups -OCH3 is 1. The fourth-order valence-electron chi connectivity index (χ4n) is 5.87. The molecule has 0 radical (unpaired) electrons. The number of anilines is 1. The van der Waals surface area contributed by atoms with Crippen LogP contribution < -0.4 is 15.0 Å². The number of benzene rings is 2. The highest BCUT2D eigenvalue weighted by molar-refractivity contribution is 6.23. The number of rotatable bonds is 7. The molecule has 2 aromatic carbocycles. The van der Waals surface area contributed by atoms with E-state index in [9.17, 15) is 24.0 Å². The van der Waals surface area contributed by atoms with E-state index < -0.39 is 29.7 Å². The van der Waals surface area contributed by atoms with Gasteiger partial charge in [0.05, 0.1) is 24.7 Å². The number of carbonyl (C=O) groups excluding carboxylic acids is 5. The van der Waals surface area contributed by atoms with E-state index in [0.717, 1.165) is 47.8 Å². The van der Waals surface area contributed by atoms with Crippen LogP contribution in [0.5, 0.6) is 5.75 Å². The van der Waals surface area contributed by atoms with Crippen LogP contribution in [0, 0.1) is 5.41 Å². The van der Waals surface area contributed by atoms with Crippen molar-refractivity contribution in [3.63, 3.8) is 0 Å². The second-order valence-electron chi connectivity index (χ2n) is 11.3. The van der Waals surface area contributed by atoms with E-state index in [1.165, 1.54) is 0 Å². The summed E-state index contributed by atoms with van der Waals surface area (Å²) in [6.45, 7) is 4.32. The van der Waals surface area contributed by atoms with Crippen LogP contribution in [-0.4, -0.2) is 79.2 Å². The third kappa shape index (κ3) is 5.30. The molecular weight excluding hydrogens is 512 g/mol. The highest BCUT2D eigenvalue weighted by Gasteiger charge is 2.45. The van der Waals surface area contributed by atoms with Gasteiger partial charge in [0.1, 0.15) is 11.8 Å². The Kier molecular flexibility index (Phi) is 7.35. The molecule has 1 atom stereocenters. The Morgan fingerprint density at radius 3 is 2.48 bits per heavy atom. The molecule has 2 saturated heterocycles. The lowest BCUT2D eigenvalue weighted by Crippen LogP contribution is -2.54. The first kappa shape index (κ1) is 27.4. The van der Waals surface area contributed by atoms with Gasteiger partial charge in [-0.05, 0) is 60.6 Å². The minimum Gasteiger partial charge on any atom is -0.497 e. The standard InChI is InChI=1S/C30H34N4O6/c1-30(18-32(2)26(36)16-19-5-4-6-21(15-19)40-3)11-13-33(14-12-30)20-7-8-22-23(17-20)29(39)34(28(22)38)24-9-10-25(35)31-27(24)37/h4-8,15,17,24H,9-14,16,18H2,1-3H3,(H,31,35,37). The van der Waals surface area contributed by atoms with Gasteiger partial charge in [-0.2, -0.15) is 0 Å². The van der Waals surface area contributed by atoms with Gasteiger partial charge in [-0.3, -0.25) is 34.2 Å². The second-order valence-corrected chi connectivity index (χ2v) is 11.3. The predicted octanol–water partition coefficient (Wildman–Crippen LogP) is 2.40. The number of hydrogen-bond acceptors (Lipinski definition) is 7. The third-order valence-corrected chi connectivity index (χ3v) is 8.29. The zero-order chi connectivity index (χ0) is 28.6. The molecule has 2 aromatic rings. The molecule has 0 aliphatic carbocycles. The van der Waals surface area contributed by atoms with Crippen molar-refractivity contribution in [3.8, 4) is 5.75 Å². The summed E-state index contributed by atoms with van der Waals surface area (Å²) >= 11 is 0. The second kappa shape index (κ2) is 10.7. The molecule has 0 saturated carbocycles. The minimum absolute atomic E-state index is 0.0549. The van der Waals surface area contributed by atoms with Crippen molar-refractivity contribution < 1.29 is 28.7 Å². The zero-order valence-corrected chi connectivity index (χ0v) is 23.1. The summed E-state index contributed by atoms with van der Waals surface area (Å²) in [6.07, 6.45) is 2.24. The molecule has 2 fully saturated rings. The van der Waals surface area contributed by atoms with Crippen LogP contribution in [0.15, 0.2) is 42.5 Å². The fraction of sp³-hybridized carbons (Fsp3) is 0.433. The summed E-state index contributed by atoms with van der Waals surface area (Å²) in [5.74, 6) is -1.24. The molecule has 10 heteroatoms. The van der Waals surface area contributed by atoms with E-state index in [-0.39, 0.29) is 35.3 Å². The van der Waals surface area contributed by atoms with Crippen LogP contribution in [0.25, 0.3) is 0 Å². The monoisotopic (exact) mass is 546 g/mol. The number of carbonyl (C=O) groups is 5. The predicted molar refractivity (Wildman–Crippen MR) is 147 cm³/mol. The normalized spacial score (nSPS) is 20.3. The summed E-state index contributed by atoms with van der Waals surface area (Å²) in [4.78, 5) is 68.0. The van der Waals surface area contributed by atoms with Gasteiger partial charge in [0.25, 0.3) is 11.8 Å². The number of imide groups is 2. The molecule has 3 aliphatic heterocycles. The van der Waals surface area contributed by atoms with Crippen LogP contribution in [0.2, 0.25) is 0 Å². The Morgan fingerprint density at radius 1 is 1.05 bits per heavy atom. The molecule has 0 aromatic heterocycles. The van der Waals surface area contributed by atoms with Crippen LogP contribution >= 0.6 is 0 Å². The van der Waals surface area contributed by atoms with E-state index in [1.54, 1.807) is 24.1 Å². The number of amides is 5. The van der Waals surface area contributed by atoms with Crippen molar-refractivity contribution in [3.05, 3.63) is 59.2 Å². The third-order valence-electron chi connectivity index (χ3n) is 8.29. The summed E-state index contributed by atoms with van der Waals surface area (Å²) in [5.41, 5.74) is 2.26. The van der Waals surface area contributed by atoms with Crippen LogP contribution in [-0.2, 0) is 20.8 Å². The van der Waals surface area contributed by atoms with Gasteiger partial charge < -0.3 is 14.5 Å². The average Bonchev–Trinajstić information content (AvgIpc) is 3.18. The first-order chi connectivity index (χ1) is 19.1. The van der Waals surface area contributed by atoms with Crippen molar-refractivity contribution in [2.24, 2.45) is 5.41 Å². The quantitative estimate of drug-likeness (QED) is 0.530. The Morgan fingerprint density at radius 2 is 1.77 bits per heavy atom. The minimum atomic E-state index is -0.979. The molecule has 3 heterocycles. The molecule has 1 unspecified atom stereocenters. The van der Waals surface area contributed by atoms with Crippen molar-refractivity contribution in [1.82, 2.24) is 15.1 Å². The average molecular weight is 547 g/mol. The number of nitrogens with zero attached hydrogens (tertiary/aromatic N) is 3. The molecule has 0 spiro atoms. The van der Waals surface area contributed by atoms with E-state index in [1.807, 2.05) is 37.4 Å². The Bertz CT molecular complexity index is 1380. The van der Waals surface area contributed by atoms with Gasteiger partial charge in [-0.15, -0.1) is 0 Å². The first-order valence-corrected chi connectivity index (χ1v) is 13.6. The van der Waals surface area contributed by atoms with E-state index in [0.29, 0.717) is 13.0 Å². The largest absolute Gasteiger partial charge is 0.497 e. The van der Waals surface area contributed by atoms with Gasteiger partial charge in [-0.25, -0.2) is 0 Å². The number of likely N-dealkylation sites (N-methyl/N-ethyl adjacent to an activating group) is 1. The van der Waals surface area contributed by atoms with Crippen LogP contribution in [0.4, 0.5) is 5.69 Å². The molecule has 210 valence electrons. The van der Waals surface area contributed by atoms with Gasteiger partial charge in [0.15, 0.2) is 0 Å². The molecular formula is C30H34N4O6. The lowest BCUT2D eigenvalue weighted by Gasteiger charge is -2.42. The van der Waals surface area contributed by atoms with Crippen molar-refractivity contribution >= 4 is 35.2 Å². The first-order valence-electron chi connectivity index (χ1n) is 13.6. The van der Waals surface area contributed by atoms with Gasteiger partial charge in [0, 0.05) is 38.8 Å². The van der Waals surface area contributed by atoms with Crippen molar-refractivity contribution in [1.29, 1.82) is 0 Å². The topological polar surface area (TPSA) is 116 Å². The highest BCUT2D eigenvalue weighted by atomic mass is 16.5. The molecule has 5 amide bonds. The SMILES string of the molecule is COc1cccc(CC(=O)N(C)CC2(C)CCN(c3ccc4c(c3)C(=O)N(C3CCC(=O)NC3=O)C4=O)CC2)c1. The van der Waals surface area contributed by atoms with E-state index in [2.05, 4.69) is 17.1 Å². The van der Waals surface area contributed by atoms with Gasteiger partial charge >= 0.3 is 0 Å². The molecule has 5 rings (SSSR count). The fourth-order valence-corrected chi connectivity index (χ4v) is 5.87. The molecule has 0 bridgehead atoms. The maximum Gasteiger partial charge on any atom is 0.262 e. The maximum atomic E-state index is 13.2. The molecule has 10 nitrogen and oxygen atoms in total. The van der Waals surface area contributed by atoms with Crippen LogP contribution in [0.1, 0.15) is 58.9 Å². The lowest BCUT2D eigenvalue weighted by atomic mass is 9.79. The Hall–Kier alpha value is -4.21. The number of hydrogen-bond donors (Lipinski definition) is 1. The summed E-state index contributed by atoms with van der Waals surface area (Å²) in [7, 11) is 3.45. The van der Waals surface area contributed by atoms with Crippen molar-refractivity contribution in [2.45, 2.75) is 45.1 Å². The highest BCUT2D eigenvalue weighted by Crippen LogP contribution is 2.36. The summed E-state index contributed by atoms with van der Waals surface area (Å²) in [6, 6.07) is 11.8. The van der Waals surface area contributed by atoms with Crippen LogP contribution in [0.3, 0.4) is 0 Å². The zero-order valence-electron chi connectivity index (χ0n) is 23.1. The summed E-state index contributed by atoms with van der Waals surface area (Å²) in [5, 5.41) is 2.22. The van der Waals surface area contributed by atoms with E-state index in [4.69, 9.17) is 4.74 Å². The smallest absolute Gasteiger partial charge is 0.262 e. The lowest BCUT2D eigenvalue weighted by molar-refractivity contribution is -0.136. The van der Waals surface area contributed by atoms with E-state index >= 15 is 0 Å². The Labute approximate surface area is 233 Å². The molecule has 40 heavy (non-hydrogen) atoms. The van der Waals surface area contributed by atoms with Gasteiger partial charge in [0.2, 0.25) is 17.7 Å². The maximum absolute atomic E-state index is 13.2. The summed E-state index contributed by atoms with van der Waals surface area (Å²) < 4.78 is 5.26. The molecule has 3 aliphatic rings. The van der Waals surface area contributed by atoms with Crippen molar-refractivity contribution in [2.75, 3.05) is 38.7 Å². The number of piperidine rings is 2. The number of ether oxygens (including phenoxy) is 1. The van der Waals surface area contributed by atoms with Gasteiger partial charge in [-0.1, -0.05) is 19.1 Å². The number of nitrogens with one attached hydrogen (secondary N) is 1. The number of fused-ring (bicyclic) bond motifs is 1. The molecule has 1 N–H and O–H groups in total.